The molecule has 0 saturated heterocycles. The standard InChI is InChI=1S/C11H18N4OS/c1-8(2)15(6-4-9(12)17)10-11(16)14(3)7-5-13-10/h5,7-8H,4,6H2,1-3H3,(H2,12,17). The SMILES string of the molecule is CC(C)N(CCC(N)=S)c1nccn(C)c1=O. The summed E-state index contributed by atoms with van der Waals surface area (Å²) in [5.74, 6) is 0.446. The number of aryl methyl sites for hydroxylation is 1. The lowest BCUT2D eigenvalue weighted by Crippen LogP contribution is -2.39. The third-order valence-corrected chi connectivity index (χ3v) is 2.70. The molecule has 0 spiro atoms. The van der Waals surface area contributed by atoms with Crippen molar-refractivity contribution in [1.29, 1.82) is 0 Å². The Labute approximate surface area is 106 Å². The zero-order chi connectivity index (χ0) is 13.0. The van der Waals surface area contributed by atoms with Crippen LogP contribution in [-0.4, -0.2) is 27.1 Å². The Morgan fingerprint density at radius 2 is 2.29 bits per heavy atom. The zero-order valence-corrected chi connectivity index (χ0v) is 11.2. The zero-order valence-electron chi connectivity index (χ0n) is 10.4. The van der Waals surface area contributed by atoms with Crippen LogP contribution in [0, 0.1) is 0 Å². The maximum Gasteiger partial charge on any atom is 0.293 e. The van der Waals surface area contributed by atoms with Crippen molar-refractivity contribution in [1.82, 2.24) is 9.55 Å². The second-order valence-electron chi connectivity index (χ2n) is 4.17. The van der Waals surface area contributed by atoms with E-state index in [1.165, 1.54) is 4.57 Å². The van der Waals surface area contributed by atoms with Gasteiger partial charge < -0.3 is 15.2 Å². The molecule has 0 fully saturated rings. The van der Waals surface area contributed by atoms with Crippen molar-refractivity contribution in [2.45, 2.75) is 26.3 Å². The van der Waals surface area contributed by atoms with Crippen molar-refractivity contribution in [2.75, 3.05) is 11.4 Å². The van der Waals surface area contributed by atoms with Gasteiger partial charge in [-0.05, 0) is 13.8 Å². The van der Waals surface area contributed by atoms with E-state index in [9.17, 15) is 4.79 Å². The summed E-state index contributed by atoms with van der Waals surface area (Å²) in [4.78, 5) is 18.5. The highest BCUT2D eigenvalue weighted by atomic mass is 32.1. The molecule has 94 valence electrons. The maximum atomic E-state index is 12.0. The predicted octanol–water partition coefficient (Wildman–Crippen LogP) is 0.671. The van der Waals surface area contributed by atoms with E-state index < -0.39 is 0 Å². The van der Waals surface area contributed by atoms with E-state index in [0.29, 0.717) is 23.8 Å². The van der Waals surface area contributed by atoms with Crippen LogP contribution in [0.25, 0.3) is 0 Å². The fraction of sp³-hybridized carbons (Fsp3) is 0.545. The smallest absolute Gasteiger partial charge is 0.293 e. The van der Waals surface area contributed by atoms with Crippen LogP contribution in [0.2, 0.25) is 0 Å². The first-order chi connectivity index (χ1) is 7.93. The lowest BCUT2D eigenvalue weighted by atomic mass is 10.3. The van der Waals surface area contributed by atoms with Crippen LogP contribution in [0.3, 0.4) is 0 Å². The lowest BCUT2D eigenvalue weighted by Gasteiger charge is -2.27. The normalized spacial score (nSPS) is 10.6. The highest BCUT2D eigenvalue weighted by Gasteiger charge is 2.16. The van der Waals surface area contributed by atoms with Gasteiger partial charge in [-0.25, -0.2) is 4.98 Å². The summed E-state index contributed by atoms with van der Waals surface area (Å²) >= 11 is 4.86. The number of nitrogens with two attached hydrogens (primary N) is 1. The first-order valence-electron chi connectivity index (χ1n) is 5.50. The van der Waals surface area contributed by atoms with Crippen LogP contribution in [-0.2, 0) is 7.05 Å². The number of hydrogen-bond acceptors (Lipinski definition) is 4. The molecule has 0 aliphatic rings. The van der Waals surface area contributed by atoms with Gasteiger partial charge in [0.15, 0.2) is 5.82 Å². The minimum atomic E-state index is -0.107. The van der Waals surface area contributed by atoms with E-state index in [4.69, 9.17) is 18.0 Å². The number of anilines is 1. The van der Waals surface area contributed by atoms with Gasteiger partial charge in [-0.15, -0.1) is 0 Å². The van der Waals surface area contributed by atoms with Gasteiger partial charge in [0.25, 0.3) is 5.56 Å². The molecule has 0 atom stereocenters. The molecule has 0 amide bonds. The van der Waals surface area contributed by atoms with Gasteiger partial charge in [-0.2, -0.15) is 0 Å². The number of nitrogens with zero attached hydrogens (tertiary/aromatic N) is 3. The molecule has 0 aliphatic heterocycles. The van der Waals surface area contributed by atoms with Gasteiger partial charge in [-0.3, -0.25) is 4.79 Å². The second kappa shape index (κ2) is 5.77. The number of rotatable bonds is 5. The van der Waals surface area contributed by atoms with Crippen LogP contribution in [0.4, 0.5) is 5.82 Å². The van der Waals surface area contributed by atoms with Crippen molar-refractivity contribution in [3.05, 3.63) is 22.7 Å². The van der Waals surface area contributed by atoms with Crippen LogP contribution in [0.1, 0.15) is 20.3 Å². The molecule has 1 rings (SSSR count). The van der Waals surface area contributed by atoms with E-state index in [2.05, 4.69) is 4.98 Å². The summed E-state index contributed by atoms with van der Waals surface area (Å²) in [6.07, 6.45) is 3.83. The highest BCUT2D eigenvalue weighted by Crippen LogP contribution is 2.08. The highest BCUT2D eigenvalue weighted by molar-refractivity contribution is 7.80. The van der Waals surface area contributed by atoms with E-state index in [-0.39, 0.29) is 11.6 Å². The Morgan fingerprint density at radius 3 is 2.82 bits per heavy atom. The molecule has 1 aromatic heterocycles. The third kappa shape index (κ3) is 3.52. The molecule has 0 aliphatic carbocycles. The molecule has 6 heteroatoms. The first-order valence-corrected chi connectivity index (χ1v) is 5.91. The van der Waals surface area contributed by atoms with E-state index >= 15 is 0 Å². The predicted molar refractivity (Wildman–Crippen MR) is 73.4 cm³/mol. The first kappa shape index (κ1) is 13.6. The van der Waals surface area contributed by atoms with Gasteiger partial charge in [0.1, 0.15) is 0 Å². The fourth-order valence-electron chi connectivity index (χ4n) is 1.52. The summed E-state index contributed by atoms with van der Waals surface area (Å²) in [7, 11) is 1.71. The molecule has 5 nitrogen and oxygen atoms in total. The molecular weight excluding hydrogens is 236 g/mol. The Balaban J connectivity index is 3.02. The van der Waals surface area contributed by atoms with Crippen LogP contribution < -0.4 is 16.2 Å². The Morgan fingerprint density at radius 1 is 1.65 bits per heavy atom. The summed E-state index contributed by atoms with van der Waals surface area (Å²) in [6.45, 7) is 4.63. The third-order valence-electron chi connectivity index (χ3n) is 2.49. The average Bonchev–Trinajstić information content (AvgIpc) is 2.23. The largest absolute Gasteiger partial charge is 0.393 e. The fourth-order valence-corrected chi connectivity index (χ4v) is 1.61. The quantitative estimate of drug-likeness (QED) is 0.783. The number of hydrogen-bond donors (Lipinski definition) is 1. The summed E-state index contributed by atoms with van der Waals surface area (Å²) in [5, 5.41) is 0. The Hall–Kier alpha value is -1.43. The molecule has 0 unspecified atom stereocenters. The van der Waals surface area contributed by atoms with Gasteiger partial charge >= 0.3 is 0 Å². The van der Waals surface area contributed by atoms with Gasteiger partial charge in [0.2, 0.25) is 0 Å². The number of aromatic nitrogens is 2. The molecule has 1 heterocycles. The lowest BCUT2D eigenvalue weighted by molar-refractivity contribution is 0.666. The maximum absolute atomic E-state index is 12.0. The second-order valence-corrected chi connectivity index (χ2v) is 4.69. The molecule has 0 saturated carbocycles. The van der Waals surface area contributed by atoms with Crippen molar-refractivity contribution < 1.29 is 0 Å². The van der Waals surface area contributed by atoms with Crippen LogP contribution in [0.15, 0.2) is 17.2 Å². The molecule has 1 aromatic rings. The summed E-state index contributed by atoms with van der Waals surface area (Å²) in [5.41, 5.74) is 5.38. The van der Waals surface area contributed by atoms with Gasteiger partial charge in [-0.1, -0.05) is 12.2 Å². The van der Waals surface area contributed by atoms with Crippen LogP contribution >= 0.6 is 12.2 Å². The van der Waals surface area contributed by atoms with E-state index in [1.54, 1.807) is 19.4 Å². The van der Waals surface area contributed by atoms with E-state index in [1.807, 2.05) is 18.7 Å². The van der Waals surface area contributed by atoms with Crippen LogP contribution in [0.5, 0.6) is 0 Å². The minimum Gasteiger partial charge on any atom is -0.393 e. The molecule has 17 heavy (non-hydrogen) atoms. The van der Waals surface area contributed by atoms with Crippen molar-refractivity contribution >= 4 is 23.0 Å². The summed E-state index contributed by atoms with van der Waals surface area (Å²) < 4.78 is 1.51. The van der Waals surface area contributed by atoms with Crippen molar-refractivity contribution in [3.63, 3.8) is 0 Å². The molecule has 0 aromatic carbocycles. The Bertz CT molecular complexity index is 455. The molecule has 2 N–H and O–H groups in total. The van der Waals surface area contributed by atoms with E-state index in [0.717, 1.165) is 0 Å². The summed E-state index contributed by atoms with van der Waals surface area (Å²) in [6, 6.07) is 0.173. The number of thiocarbonyl (C=S) groups is 1. The molecule has 0 bridgehead atoms. The van der Waals surface area contributed by atoms with Crippen molar-refractivity contribution in [3.8, 4) is 0 Å². The van der Waals surface area contributed by atoms with Gasteiger partial charge in [0, 0.05) is 38.4 Å². The monoisotopic (exact) mass is 254 g/mol. The minimum absolute atomic E-state index is 0.107. The Kier molecular flexibility index (Phi) is 4.62. The van der Waals surface area contributed by atoms with Crippen molar-refractivity contribution in [2.24, 2.45) is 12.8 Å². The molecular formula is C11H18N4OS. The average molecular weight is 254 g/mol. The van der Waals surface area contributed by atoms with Gasteiger partial charge in [0.05, 0.1) is 4.99 Å². The topological polar surface area (TPSA) is 64.2 Å². The molecule has 0 radical (unpaired) electrons.